The van der Waals surface area contributed by atoms with Gasteiger partial charge in [0.2, 0.25) is 0 Å². The van der Waals surface area contributed by atoms with Crippen molar-refractivity contribution in [1.29, 1.82) is 0 Å². The van der Waals surface area contributed by atoms with E-state index >= 15 is 0 Å². The molecule has 106 valence electrons. The van der Waals surface area contributed by atoms with Crippen molar-refractivity contribution in [3.8, 4) is 0 Å². The number of hydrogen-bond acceptors (Lipinski definition) is 3. The quantitative estimate of drug-likeness (QED) is 0.832. The highest BCUT2D eigenvalue weighted by atomic mass is 16.3. The van der Waals surface area contributed by atoms with Crippen molar-refractivity contribution < 1.29 is 4.42 Å². The third kappa shape index (κ3) is 3.21. The highest BCUT2D eigenvalue weighted by Gasteiger charge is 2.30. The first kappa shape index (κ1) is 13.2. The summed E-state index contributed by atoms with van der Waals surface area (Å²) < 4.78 is 5.44. The lowest BCUT2D eigenvalue weighted by molar-refractivity contribution is 0.174. The van der Waals surface area contributed by atoms with E-state index in [2.05, 4.69) is 22.8 Å². The minimum atomic E-state index is 0.672. The van der Waals surface area contributed by atoms with Crippen LogP contribution in [0.1, 0.15) is 38.4 Å². The molecule has 0 saturated carbocycles. The molecule has 2 unspecified atom stereocenters. The lowest BCUT2D eigenvalue weighted by Crippen LogP contribution is -2.40. The van der Waals surface area contributed by atoms with E-state index in [-0.39, 0.29) is 0 Å². The lowest BCUT2D eigenvalue weighted by atomic mass is 10.1. The zero-order chi connectivity index (χ0) is 13.1. The van der Waals surface area contributed by atoms with Crippen molar-refractivity contribution in [2.75, 3.05) is 26.2 Å². The third-order valence-electron chi connectivity index (χ3n) is 4.85. The van der Waals surface area contributed by atoms with Gasteiger partial charge in [0, 0.05) is 25.0 Å². The van der Waals surface area contributed by atoms with Crippen LogP contribution < -0.4 is 0 Å². The van der Waals surface area contributed by atoms with Crippen LogP contribution in [0.3, 0.4) is 0 Å². The first-order valence-corrected chi connectivity index (χ1v) is 7.83. The minimum Gasteiger partial charge on any atom is -0.469 e. The molecule has 0 spiro atoms. The molecule has 0 aromatic carbocycles. The molecule has 3 heterocycles. The van der Waals surface area contributed by atoms with Crippen LogP contribution >= 0.6 is 0 Å². The summed E-state index contributed by atoms with van der Waals surface area (Å²) in [6.45, 7) is 7.57. The second-order valence-electron chi connectivity index (χ2n) is 6.15. The van der Waals surface area contributed by atoms with Crippen LogP contribution in [-0.4, -0.2) is 48.1 Å². The van der Waals surface area contributed by atoms with Gasteiger partial charge in [0.05, 0.1) is 6.26 Å². The monoisotopic (exact) mass is 262 g/mol. The van der Waals surface area contributed by atoms with E-state index in [0.29, 0.717) is 6.04 Å². The van der Waals surface area contributed by atoms with Crippen LogP contribution in [0.2, 0.25) is 0 Å². The molecule has 3 heteroatoms. The molecule has 19 heavy (non-hydrogen) atoms. The Labute approximate surface area is 116 Å². The second kappa shape index (κ2) is 6.10. The number of fused-ring (bicyclic) bond motifs is 1. The fraction of sp³-hybridized carbons (Fsp3) is 0.750. The van der Waals surface area contributed by atoms with E-state index in [9.17, 15) is 0 Å². The van der Waals surface area contributed by atoms with Gasteiger partial charge in [-0.15, -0.1) is 0 Å². The molecule has 3 rings (SSSR count). The molecule has 2 aliphatic heterocycles. The Hall–Kier alpha value is -0.800. The maximum Gasteiger partial charge on any atom is 0.103 e. The van der Waals surface area contributed by atoms with E-state index in [1.165, 1.54) is 51.9 Å². The molecule has 2 atom stereocenters. The number of hydrogen-bond donors (Lipinski definition) is 0. The fourth-order valence-electron chi connectivity index (χ4n) is 3.62. The van der Waals surface area contributed by atoms with Gasteiger partial charge in [0.15, 0.2) is 0 Å². The summed E-state index contributed by atoms with van der Waals surface area (Å²) in [6, 6.07) is 5.58. The molecule has 2 aliphatic rings. The fourth-order valence-corrected chi connectivity index (χ4v) is 3.62. The zero-order valence-electron chi connectivity index (χ0n) is 12.1. The van der Waals surface area contributed by atoms with Crippen LogP contribution in [0.4, 0.5) is 0 Å². The van der Waals surface area contributed by atoms with E-state index in [1.807, 2.05) is 6.07 Å². The number of aryl methyl sites for hydroxylation is 1. The van der Waals surface area contributed by atoms with Gasteiger partial charge < -0.3 is 4.42 Å². The Morgan fingerprint density at radius 2 is 2.21 bits per heavy atom. The van der Waals surface area contributed by atoms with E-state index in [0.717, 1.165) is 18.2 Å². The Morgan fingerprint density at radius 1 is 1.32 bits per heavy atom. The van der Waals surface area contributed by atoms with E-state index in [1.54, 1.807) is 6.26 Å². The molecule has 2 fully saturated rings. The van der Waals surface area contributed by atoms with E-state index in [4.69, 9.17) is 4.42 Å². The molecule has 0 aliphatic carbocycles. The third-order valence-corrected chi connectivity index (χ3v) is 4.85. The Bertz CT molecular complexity index is 376. The van der Waals surface area contributed by atoms with Gasteiger partial charge in [-0.05, 0) is 64.4 Å². The molecule has 1 aromatic rings. The Morgan fingerprint density at radius 3 is 3.05 bits per heavy atom. The Balaban J connectivity index is 1.52. The van der Waals surface area contributed by atoms with Gasteiger partial charge in [0.25, 0.3) is 0 Å². The summed E-state index contributed by atoms with van der Waals surface area (Å²) in [4.78, 5) is 5.41. The topological polar surface area (TPSA) is 19.6 Å². The van der Waals surface area contributed by atoms with Crippen molar-refractivity contribution in [2.24, 2.45) is 0 Å². The predicted molar refractivity (Wildman–Crippen MR) is 77.3 cm³/mol. The first-order chi connectivity index (χ1) is 9.33. The molecule has 0 N–H and O–H groups in total. The SMILES string of the molecule is CC(CCc1ccco1)N1CCCN2CCCC2C1. The minimum absolute atomic E-state index is 0.672. The number of furan rings is 1. The van der Waals surface area contributed by atoms with Gasteiger partial charge in [-0.3, -0.25) is 9.80 Å². The summed E-state index contributed by atoms with van der Waals surface area (Å²) in [7, 11) is 0. The van der Waals surface area contributed by atoms with Crippen LogP contribution in [0, 0.1) is 0 Å². The Kier molecular flexibility index (Phi) is 4.24. The molecular weight excluding hydrogens is 236 g/mol. The van der Waals surface area contributed by atoms with Crippen molar-refractivity contribution in [3.05, 3.63) is 24.2 Å². The van der Waals surface area contributed by atoms with Gasteiger partial charge in [-0.25, -0.2) is 0 Å². The highest BCUT2D eigenvalue weighted by molar-refractivity contribution is 4.98. The molecule has 2 saturated heterocycles. The maximum absolute atomic E-state index is 5.44. The van der Waals surface area contributed by atoms with Gasteiger partial charge in [-0.1, -0.05) is 0 Å². The first-order valence-electron chi connectivity index (χ1n) is 7.83. The van der Waals surface area contributed by atoms with Gasteiger partial charge in [-0.2, -0.15) is 0 Å². The standard InChI is InChI=1S/C16H26N2O/c1-14(7-8-16-6-3-12-19-16)18-11-4-10-17-9-2-5-15(17)13-18/h3,6,12,14-15H,2,4-5,7-11,13H2,1H3. The largest absolute Gasteiger partial charge is 0.469 e. The van der Waals surface area contributed by atoms with Crippen LogP contribution in [0.15, 0.2) is 22.8 Å². The predicted octanol–water partition coefficient (Wildman–Crippen LogP) is 2.77. The molecule has 0 amide bonds. The van der Waals surface area contributed by atoms with Crippen LogP contribution in [0.5, 0.6) is 0 Å². The van der Waals surface area contributed by atoms with Crippen molar-refractivity contribution in [1.82, 2.24) is 9.80 Å². The van der Waals surface area contributed by atoms with E-state index < -0.39 is 0 Å². The average molecular weight is 262 g/mol. The molecule has 3 nitrogen and oxygen atoms in total. The van der Waals surface area contributed by atoms with Crippen molar-refractivity contribution in [3.63, 3.8) is 0 Å². The number of rotatable bonds is 4. The van der Waals surface area contributed by atoms with Crippen LogP contribution in [0.25, 0.3) is 0 Å². The second-order valence-corrected chi connectivity index (χ2v) is 6.15. The average Bonchev–Trinajstić information content (AvgIpc) is 3.04. The highest BCUT2D eigenvalue weighted by Crippen LogP contribution is 2.23. The molecule has 0 bridgehead atoms. The van der Waals surface area contributed by atoms with Gasteiger partial charge in [0.1, 0.15) is 5.76 Å². The number of nitrogens with zero attached hydrogens (tertiary/aromatic N) is 2. The summed E-state index contributed by atoms with van der Waals surface area (Å²) in [6.07, 6.45) is 8.20. The summed E-state index contributed by atoms with van der Waals surface area (Å²) in [5.41, 5.74) is 0. The van der Waals surface area contributed by atoms with Crippen molar-refractivity contribution in [2.45, 2.75) is 51.1 Å². The lowest BCUT2D eigenvalue weighted by Gasteiger charge is -2.30. The molecule has 0 radical (unpaired) electrons. The van der Waals surface area contributed by atoms with Crippen LogP contribution in [-0.2, 0) is 6.42 Å². The normalized spacial score (nSPS) is 27.1. The van der Waals surface area contributed by atoms with Gasteiger partial charge >= 0.3 is 0 Å². The van der Waals surface area contributed by atoms with Crippen molar-refractivity contribution >= 4 is 0 Å². The smallest absolute Gasteiger partial charge is 0.103 e. The summed E-state index contributed by atoms with van der Waals surface area (Å²) in [5, 5.41) is 0. The molecule has 1 aromatic heterocycles. The molecular formula is C16H26N2O. The summed E-state index contributed by atoms with van der Waals surface area (Å²) in [5.74, 6) is 1.13. The summed E-state index contributed by atoms with van der Waals surface area (Å²) >= 11 is 0. The zero-order valence-corrected chi connectivity index (χ0v) is 12.1. The maximum atomic E-state index is 5.44.